The van der Waals surface area contributed by atoms with Gasteiger partial charge in [-0.3, -0.25) is 4.57 Å². The molecule has 0 saturated heterocycles. The Hall–Kier alpha value is -5.02. The topological polar surface area (TPSA) is 30.7 Å². The lowest BCUT2D eigenvalue weighted by Crippen LogP contribution is -2.03. The third-order valence-electron chi connectivity index (χ3n) is 7.36. The van der Waals surface area contributed by atoms with Crippen LogP contribution in [-0.4, -0.2) is 14.5 Å². The van der Waals surface area contributed by atoms with Crippen LogP contribution in [0, 0.1) is 0 Å². The lowest BCUT2D eigenvalue weighted by atomic mass is 10.0. The van der Waals surface area contributed by atoms with Crippen LogP contribution >= 0.6 is 0 Å². The van der Waals surface area contributed by atoms with Gasteiger partial charge in [0.1, 0.15) is 0 Å². The number of rotatable bonds is 2. The molecule has 0 spiro atoms. The average molecular weight is 472 g/mol. The van der Waals surface area contributed by atoms with Gasteiger partial charge in [-0.2, -0.15) is 0 Å². The van der Waals surface area contributed by atoms with Gasteiger partial charge in [0.15, 0.2) is 0 Å². The van der Waals surface area contributed by atoms with Crippen LogP contribution in [0.3, 0.4) is 0 Å². The highest BCUT2D eigenvalue weighted by molar-refractivity contribution is 6.20. The minimum Gasteiger partial charge on any atom is -0.277 e. The molecule has 172 valence electrons. The second kappa shape index (κ2) is 7.74. The Morgan fingerprint density at radius 3 is 1.97 bits per heavy atom. The highest BCUT2D eigenvalue weighted by Crippen LogP contribution is 2.38. The first kappa shape index (κ1) is 20.2. The number of hydrogen-bond acceptors (Lipinski definition) is 2. The number of nitrogens with zero attached hydrogens (tertiary/aromatic N) is 3. The van der Waals surface area contributed by atoms with Crippen LogP contribution in [0.4, 0.5) is 0 Å². The number of hydrogen-bond donors (Lipinski definition) is 0. The molecule has 2 aromatic heterocycles. The van der Waals surface area contributed by atoms with Crippen molar-refractivity contribution in [2.45, 2.75) is 0 Å². The lowest BCUT2D eigenvalue weighted by molar-refractivity contribution is 1.02. The molecule has 0 aliphatic heterocycles. The molecular formula is C34H21N3. The van der Waals surface area contributed by atoms with E-state index in [1.807, 2.05) is 12.1 Å². The second-order valence-electron chi connectivity index (χ2n) is 9.49. The number of aromatic nitrogens is 3. The van der Waals surface area contributed by atoms with Gasteiger partial charge in [-0.25, -0.2) is 9.97 Å². The molecule has 3 heteroatoms. The molecule has 0 aliphatic carbocycles. The summed E-state index contributed by atoms with van der Waals surface area (Å²) in [6, 6.07) is 44.8. The number of para-hydroxylation sites is 1. The van der Waals surface area contributed by atoms with E-state index in [9.17, 15) is 0 Å². The molecule has 2 heterocycles. The van der Waals surface area contributed by atoms with E-state index in [4.69, 9.17) is 9.97 Å². The molecule has 0 N–H and O–H groups in total. The summed E-state index contributed by atoms with van der Waals surface area (Å²) in [6.07, 6.45) is 0. The Morgan fingerprint density at radius 2 is 1.14 bits per heavy atom. The zero-order valence-corrected chi connectivity index (χ0v) is 20.0. The van der Waals surface area contributed by atoms with Crippen molar-refractivity contribution in [1.82, 2.24) is 14.5 Å². The van der Waals surface area contributed by atoms with E-state index < -0.39 is 0 Å². The molecule has 0 fully saturated rings. The van der Waals surface area contributed by atoms with E-state index in [2.05, 4.69) is 120 Å². The Balaban J connectivity index is 1.58. The summed E-state index contributed by atoms with van der Waals surface area (Å²) in [4.78, 5) is 10.4. The first-order valence-corrected chi connectivity index (χ1v) is 12.5. The Morgan fingerprint density at radius 1 is 0.459 bits per heavy atom. The van der Waals surface area contributed by atoms with E-state index >= 15 is 0 Å². The van der Waals surface area contributed by atoms with Crippen LogP contribution in [0.1, 0.15) is 0 Å². The molecular weight excluding hydrogens is 450 g/mol. The molecule has 6 aromatic carbocycles. The summed E-state index contributed by atoms with van der Waals surface area (Å²) in [5, 5.41) is 8.29. The molecule has 8 rings (SSSR count). The Bertz CT molecular complexity index is 2140. The van der Waals surface area contributed by atoms with E-state index in [0.717, 1.165) is 33.2 Å². The highest BCUT2D eigenvalue weighted by atomic mass is 15.2. The lowest BCUT2D eigenvalue weighted by Gasteiger charge is -2.12. The van der Waals surface area contributed by atoms with E-state index in [1.54, 1.807) is 0 Å². The van der Waals surface area contributed by atoms with Gasteiger partial charge in [-0.05, 0) is 34.4 Å². The predicted octanol–water partition coefficient (Wildman–Crippen LogP) is 8.70. The quantitative estimate of drug-likeness (QED) is 0.252. The average Bonchev–Trinajstić information content (AvgIpc) is 3.29. The first-order chi connectivity index (χ1) is 18.3. The summed E-state index contributed by atoms with van der Waals surface area (Å²) in [6.45, 7) is 0. The first-order valence-electron chi connectivity index (χ1n) is 12.5. The highest BCUT2D eigenvalue weighted by Gasteiger charge is 2.19. The summed E-state index contributed by atoms with van der Waals surface area (Å²) < 4.78 is 2.26. The zero-order valence-electron chi connectivity index (χ0n) is 20.0. The maximum atomic E-state index is 5.25. The SMILES string of the molecule is c1ccc(-c2nc(-n3c4cc5ccccc5cc4c4ccc5ccccc5c43)nc3ccccc23)cc1. The molecule has 0 saturated carbocycles. The van der Waals surface area contributed by atoms with Crippen molar-refractivity contribution < 1.29 is 0 Å². The van der Waals surface area contributed by atoms with Crippen LogP contribution in [0.15, 0.2) is 127 Å². The second-order valence-corrected chi connectivity index (χ2v) is 9.49. The zero-order chi connectivity index (χ0) is 24.3. The van der Waals surface area contributed by atoms with Crippen molar-refractivity contribution in [3.63, 3.8) is 0 Å². The van der Waals surface area contributed by atoms with Gasteiger partial charge in [0.2, 0.25) is 5.95 Å². The van der Waals surface area contributed by atoms with Gasteiger partial charge >= 0.3 is 0 Å². The van der Waals surface area contributed by atoms with Crippen molar-refractivity contribution in [2.75, 3.05) is 0 Å². The third kappa shape index (κ3) is 3.01. The van der Waals surface area contributed by atoms with Crippen molar-refractivity contribution in [2.24, 2.45) is 0 Å². The molecule has 0 bridgehead atoms. The smallest absolute Gasteiger partial charge is 0.235 e. The van der Waals surface area contributed by atoms with E-state index in [0.29, 0.717) is 5.95 Å². The fourth-order valence-corrected chi connectivity index (χ4v) is 5.65. The van der Waals surface area contributed by atoms with Gasteiger partial charge in [-0.1, -0.05) is 109 Å². The minimum atomic E-state index is 0.684. The molecule has 0 unspecified atom stereocenters. The van der Waals surface area contributed by atoms with Crippen LogP contribution in [0.2, 0.25) is 0 Å². The predicted molar refractivity (Wildman–Crippen MR) is 154 cm³/mol. The van der Waals surface area contributed by atoms with Gasteiger partial charge in [0.05, 0.1) is 22.2 Å². The van der Waals surface area contributed by atoms with Gasteiger partial charge in [0, 0.05) is 27.1 Å². The van der Waals surface area contributed by atoms with Crippen molar-refractivity contribution in [3.8, 4) is 17.2 Å². The molecule has 3 nitrogen and oxygen atoms in total. The molecule has 0 amide bonds. The summed E-state index contributed by atoms with van der Waals surface area (Å²) >= 11 is 0. The van der Waals surface area contributed by atoms with Crippen LogP contribution in [-0.2, 0) is 0 Å². The maximum absolute atomic E-state index is 5.25. The normalized spacial score (nSPS) is 11.8. The monoisotopic (exact) mass is 471 g/mol. The Kier molecular flexibility index (Phi) is 4.23. The summed E-state index contributed by atoms with van der Waals surface area (Å²) in [5.74, 6) is 0.684. The minimum absolute atomic E-state index is 0.684. The molecule has 0 atom stereocenters. The van der Waals surface area contributed by atoms with Crippen LogP contribution < -0.4 is 0 Å². The molecule has 0 aliphatic rings. The van der Waals surface area contributed by atoms with Gasteiger partial charge in [-0.15, -0.1) is 0 Å². The summed E-state index contributed by atoms with van der Waals surface area (Å²) in [7, 11) is 0. The fourth-order valence-electron chi connectivity index (χ4n) is 5.65. The van der Waals surface area contributed by atoms with Crippen LogP contribution in [0.25, 0.3) is 71.5 Å². The summed E-state index contributed by atoms with van der Waals surface area (Å²) in [5.41, 5.74) is 5.20. The van der Waals surface area contributed by atoms with Crippen molar-refractivity contribution >= 4 is 54.3 Å². The Labute approximate surface area is 213 Å². The largest absolute Gasteiger partial charge is 0.277 e. The number of benzene rings is 6. The van der Waals surface area contributed by atoms with E-state index in [-0.39, 0.29) is 0 Å². The standard InChI is InChI=1S/C34H21N3/c1-2-11-23(12-3-1)32-28-16-8-9-17-30(28)35-34(36-32)37-31-21-25-14-5-4-13-24(25)20-29(31)27-19-18-22-10-6-7-15-26(22)33(27)37/h1-21H. The fraction of sp³-hybridized carbons (Fsp3) is 0. The maximum Gasteiger partial charge on any atom is 0.235 e. The van der Waals surface area contributed by atoms with Crippen LogP contribution in [0.5, 0.6) is 0 Å². The van der Waals surface area contributed by atoms with E-state index in [1.165, 1.54) is 32.3 Å². The van der Waals surface area contributed by atoms with Crippen molar-refractivity contribution in [3.05, 3.63) is 127 Å². The molecule has 8 aromatic rings. The molecule has 37 heavy (non-hydrogen) atoms. The van der Waals surface area contributed by atoms with Gasteiger partial charge in [0.25, 0.3) is 0 Å². The number of fused-ring (bicyclic) bond motifs is 7. The van der Waals surface area contributed by atoms with Gasteiger partial charge < -0.3 is 0 Å². The third-order valence-corrected chi connectivity index (χ3v) is 7.36. The molecule has 0 radical (unpaired) electrons. The van der Waals surface area contributed by atoms with Crippen molar-refractivity contribution in [1.29, 1.82) is 0 Å².